The zero-order valence-corrected chi connectivity index (χ0v) is 12.8. The van der Waals surface area contributed by atoms with Crippen molar-refractivity contribution in [3.05, 3.63) is 41.2 Å². The zero-order valence-electron chi connectivity index (χ0n) is 12.8. The third-order valence-electron chi connectivity index (χ3n) is 3.64. The van der Waals surface area contributed by atoms with Crippen LogP contribution >= 0.6 is 0 Å². The third kappa shape index (κ3) is 3.03. The SMILES string of the molecule is Cc1ccc(C(O)(C(N)=O)C(F)(F)F)cc1-c1cnc(N)c(C=O)n1. The van der Waals surface area contributed by atoms with Gasteiger partial charge in [-0.25, -0.2) is 9.97 Å². The molecule has 25 heavy (non-hydrogen) atoms. The Morgan fingerprint density at radius 1 is 1.32 bits per heavy atom. The van der Waals surface area contributed by atoms with Crippen molar-refractivity contribution in [2.24, 2.45) is 5.73 Å². The van der Waals surface area contributed by atoms with Gasteiger partial charge in [0.1, 0.15) is 5.69 Å². The van der Waals surface area contributed by atoms with Crippen molar-refractivity contribution in [2.45, 2.75) is 18.7 Å². The van der Waals surface area contributed by atoms with Gasteiger partial charge in [0.15, 0.2) is 12.1 Å². The molecule has 0 bridgehead atoms. The molecule has 1 heterocycles. The molecular weight excluding hydrogens is 341 g/mol. The lowest BCUT2D eigenvalue weighted by Crippen LogP contribution is -2.52. The minimum Gasteiger partial charge on any atom is -0.382 e. The van der Waals surface area contributed by atoms with Gasteiger partial charge in [0.05, 0.1) is 11.9 Å². The van der Waals surface area contributed by atoms with Gasteiger partial charge in [0.2, 0.25) is 0 Å². The highest BCUT2D eigenvalue weighted by atomic mass is 19.4. The highest BCUT2D eigenvalue weighted by Crippen LogP contribution is 2.40. The molecule has 1 aromatic heterocycles. The van der Waals surface area contributed by atoms with E-state index in [1.165, 1.54) is 6.07 Å². The molecule has 1 aromatic carbocycles. The normalized spacial score (nSPS) is 14.0. The topological polar surface area (TPSA) is 132 Å². The molecule has 0 aliphatic heterocycles. The smallest absolute Gasteiger partial charge is 0.382 e. The minimum atomic E-state index is -5.33. The van der Waals surface area contributed by atoms with Gasteiger partial charge in [0, 0.05) is 11.1 Å². The van der Waals surface area contributed by atoms with Crippen molar-refractivity contribution in [3.8, 4) is 11.3 Å². The molecular formula is C15H13F3N4O3. The number of nitrogens with zero attached hydrogens (tertiary/aromatic N) is 2. The summed E-state index contributed by atoms with van der Waals surface area (Å²) in [6, 6.07) is 3.10. The number of hydrogen-bond acceptors (Lipinski definition) is 6. The lowest BCUT2D eigenvalue weighted by Gasteiger charge is -2.28. The Hall–Kier alpha value is -3.01. The third-order valence-corrected chi connectivity index (χ3v) is 3.64. The van der Waals surface area contributed by atoms with Crippen LogP contribution < -0.4 is 11.5 Å². The number of anilines is 1. The average molecular weight is 354 g/mol. The Kier molecular flexibility index (Phi) is 4.49. The number of rotatable bonds is 4. The molecule has 0 saturated carbocycles. The molecule has 10 heteroatoms. The number of aliphatic hydroxyl groups is 1. The van der Waals surface area contributed by atoms with Crippen LogP contribution in [0.25, 0.3) is 11.3 Å². The first-order chi connectivity index (χ1) is 11.5. The summed E-state index contributed by atoms with van der Waals surface area (Å²) in [5, 5.41) is 9.89. The molecule has 1 unspecified atom stereocenters. The number of alkyl halides is 3. The number of halogens is 3. The Morgan fingerprint density at radius 2 is 1.96 bits per heavy atom. The number of aldehydes is 1. The zero-order chi connectivity index (χ0) is 19.0. The molecule has 1 atom stereocenters. The van der Waals surface area contributed by atoms with E-state index in [4.69, 9.17) is 11.5 Å². The van der Waals surface area contributed by atoms with Crippen LogP contribution in [0.2, 0.25) is 0 Å². The number of benzene rings is 1. The number of carbonyl (C=O) groups excluding carboxylic acids is 2. The van der Waals surface area contributed by atoms with Crippen LogP contribution in [0.1, 0.15) is 21.6 Å². The number of aryl methyl sites for hydroxylation is 1. The second-order valence-electron chi connectivity index (χ2n) is 5.25. The molecule has 1 amide bonds. The van der Waals surface area contributed by atoms with Crippen LogP contribution in [0, 0.1) is 6.92 Å². The van der Waals surface area contributed by atoms with Crippen LogP contribution in [0.3, 0.4) is 0 Å². The Bertz CT molecular complexity index is 854. The summed E-state index contributed by atoms with van der Waals surface area (Å²) in [5.74, 6) is -2.11. The Balaban J connectivity index is 2.70. The number of carbonyl (C=O) groups is 2. The van der Waals surface area contributed by atoms with Crippen LogP contribution in [0.15, 0.2) is 24.4 Å². The predicted octanol–water partition coefficient (Wildman–Crippen LogP) is 1.08. The van der Waals surface area contributed by atoms with Gasteiger partial charge >= 0.3 is 6.18 Å². The van der Waals surface area contributed by atoms with E-state index < -0.39 is 23.2 Å². The van der Waals surface area contributed by atoms with Crippen molar-refractivity contribution in [1.82, 2.24) is 9.97 Å². The molecule has 5 N–H and O–H groups in total. The van der Waals surface area contributed by atoms with E-state index in [-0.39, 0.29) is 22.8 Å². The summed E-state index contributed by atoms with van der Waals surface area (Å²) < 4.78 is 39.6. The van der Waals surface area contributed by atoms with E-state index in [1.807, 2.05) is 0 Å². The van der Waals surface area contributed by atoms with E-state index in [0.717, 1.165) is 18.3 Å². The molecule has 7 nitrogen and oxygen atoms in total. The quantitative estimate of drug-likeness (QED) is 0.704. The minimum absolute atomic E-state index is 0.0460. The van der Waals surface area contributed by atoms with Crippen molar-refractivity contribution in [1.29, 1.82) is 0 Å². The standard InChI is InChI=1S/C15H13F3N4O3/c1-7-2-3-8(14(25,13(20)24)15(16,17)18)4-9(7)10-5-21-12(19)11(6-23)22-10/h2-6,25H,1H3,(H2,19,21)(H2,20,24). The van der Waals surface area contributed by atoms with Gasteiger partial charge in [-0.05, 0) is 18.6 Å². The van der Waals surface area contributed by atoms with Crippen molar-refractivity contribution in [2.75, 3.05) is 5.73 Å². The number of nitrogen functional groups attached to an aromatic ring is 1. The monoisotopic (exact) mass is 354 g/mol. The summed E-state index contributed by atoms with van der Waals surface area (Å²) in [7, 11) is 0. The number of nitrogens with two attached hydrogens (primary N) is 2. The van der Waals surface area contributed by atoms with Crippen molar-refractivity contribution in [3.63, 3.8) is 0 Å². The number of primary amides is 1. The average Bonchev–Trinajstić information content (AvgIpc) is 2.54. The van der Waals surface area contributed by atoms with Crippen LogP contribution in [0.4, 0.5) is 19.0 Å². The van der Waals surface area contributed by atoms with E-state index in [1.54, 1.807) is 6.92 Å². The van der Waals surface area contributed by atoms with Gasteiger partial charge < -0.3 is 16.6 Å². The molecule has 2 rings (SSSR count). The summed E-state index contributed by atoms with van der Waals surface area (Å²) in [4.78, 5) is 29.9. The second kappa shape index (κ2) is 6.13. The Morgan fingerprint density at radius 3 is 2.48 bits per heavy atom. The predicted molar refractivity (Wildman–Crippen MR) is 81.2 cm³/mol. The van der Waals surface area contributed by atoms with E-state index in [9.17, 15) is 27.9 Å². The van der Waals surface area contributed by atoms with Gasteiger partial charge in [-0.2, -0.15) is 13.2 Å². The Labute approximate surface area is 139 Å². The van der Waals surface area contributed by atoms with Gasteiger partial charge in [-0.3, -0.25) is 9.59 Å². The van der Waals surface area contributed by atoms with Gasteiger partial charge in [-0.1, -0.05) is 12.1 Å². The maximum Gasteiger partial charge on any atom is 0.430 e. The number of aromatic nitrogens is 2. The maximum atomic E-state index is 13.2. The number of amides is 1. The fourth-order valence-electron chi connectivity index (χ4n) is 2.20. The lowest BCUT2D eigenvalue weighted by atomic mass is 9.89. The molecule has 0 saturated heterocycles. The summed E-state index contributed by atoms with van der Waals surface area (Å²) in [6.07, 6.45) is -3.82. The van der Waals surface area contributed by atoms with Crippen LogP contribution in [-0.2, 0) is 10.4 Å². The fraction of sp³-hybridized carbons (Fsp3) is 0.200. The first-order valence-electron chi connectivity index (χ1n) is 6.80. The van der Waals surface area contributed by atoms with E-state index >= 15 is 0 Å². The first-order valence-corrected chi connectivity index (χ1v) is 6.80. The molecule has 0 aliphatic rings. The van der Waals surface area contributed by atoms with Crippen LogP contribution in [0.5, 0.6) is 0 Å². The molecule has 2 aromatic rings. The maximum absolute atomic E-state index is 13.2. The lowest BCUT2D eigenvalue weighted by molar-refractivity contribution is -0.255. The largest absolute Gasteiger partial charge is 0.430 e. The molecule has 0 fully saturated rings. The summed E-state index contributed by atoms with van der Waals surface area (Å²) in [6.45, 7) is 1.56. The first kappa shape index (κ1) is 18.3. The second-order valence-corrected chi connectivity index (χ2v) is 5.25. The van der Waals surface area contributed by atoms with E-state index in [2.05, 4.69) is 9.97 Å². The molecule has 0 radical (unpaired) electrons. The summed E-state index contributed by atoms with van der Waals surface area (Å²) >= 11 is 0. The van der Waals surface area contributed by atoms with Crippen molar-refractivity contribution < 1.29 is 27.9 Å². The van der Waals surface area contributed by atoms with E-state index in [0.29, 0.717) is 11.8 Å². The van der Waals surface area contributed by atoms with Crippen LogP contribution in [-0.4, -0.2) is 33.4 Å². The van der Waals surface area contributed by atoms with Gasteiger partial charge in [-0.15, -0.1) is 0 Å². The number of hydrogen-bond donors (Lipinski definition) is 3. The summed E-state index contributed by atoms with van der Waals surface area (Å²) in [5.41, 5.74) is 6.03. The fourth-order valence-corrected chi connectivity index (χ4v) is 2.20. The molecule has 0 aliphatic carbocycles. The highest BCUT2D eigenvalue weighted by molar-refractivity contribution is 5.86. The molecule has 0 spiro atoms. The van der Waals surface area contributed by atoms with Gasteiger partial charge in [0.25, 0.3) is 11.5 Å². The molecule has 132 valence electrons. The highest BCUT2D eigenvalue weighted by Gasteiger charge is 2.60. The van der Waals surface area contributed by atoms with Crippen molar-refractivity contribution >= 4 is 18.0 Å².